The molecule has 1 aliphatic heterocycles. The van der Waals surface area contributed by atoms with Gasteiger partial charge in [0.25, 0.3) is 0 Å². The number of rotatable bonds is 8. The van der Waals surface area contributed by atoms with E-state index in [2.05, 4.69) is 5.32 Å². The number of aliphatic hydroxyl groups excluding tert-OH is 1. The summed E-state index contributed by atoms with van der Waals surface area (Å²) in [5.74, 6) is -0.651. The minimum atomic E-state index is -0.704. The molecule has 1 aliphatic rings. The van der Waals surface area contributed by atoms with Gasteiger partial charge in [-0.05, 0) is 27.3 Å². The number of amides is 3. The maximum absolute atomic E-state index is 12.4. The highest BCUT2D eigenvalue weighted by Crippen LogP contribution is 2.32. The summed E-state index contributed by atoms with van der Waals surface area (Å²) in [6.07, 6.45) is 0.454. The van der Waals surface area contributed by atoms with E-state index in [-0.39, 0.29) is 24.8 Å². The molecule has 0 aromatic carbocycles. The van der Waals surface area contributed by atoms with Crippen LogP contribution in [-0.2, 0) is 14.4 Å². The van der Waals surface area contributed by atoms with Crippen LogP contribution in [0.4, 0.5) is 0 Å². The fourth-order valence-electron chi connectivity index (χ4n) is 2.28. The molecule has 1 rings (SSSR count). The Balaban J connectivity index is 2.71. The molecule has 1 saturated heterocycles. The van der Waals surface area contributed by atoms with Gasteiger partial charge in [0.2, 0.25) is 17.7 Å². The van der Waals surface area contributed by atoms with E-state index in [0.717, 1.165) is 0 Å². The second-order valence-electron chi connectivity index (χ2n) is 5.62. The van der Waals surface area contributed by atoms with Crippen LogP contribution in [0.15, 0.2) is 0 Å². The minimum absolute atomic E-state index is 0.0919. The summed E-state index contributed by atoms with van der Waals surface area (Å²) in [4.78, 5) is 36.8. The van der Waals surface area contributed by atoms with Crippen molar-refractivity contribution in [2.75, 3.05) is 19.4 Å². The summed E-state index contributed by atoms with van der Waals surface area (Å²) < 4.78 is 0. The van der Waals surface area contributed by atoms with Gasteiger partial charge in [-0.1, -0.05) is 0 Å². The molecule has 21 heavy (non-hydrogen) atoms. The Hall–Kier alpha value is -1.12. The summed E-state index contributed by atoms with van der Waals surface area (Å²) in [5, 5.41) is 11.3. The van der Waals surface area contributed by atoms with Crippen LogP contribution in [0.1, 0.15) is 26.7 Å². The normalized spacial score (nSPS) is 21.0. The zero-order valence-electron chi connectivity index (χ0n) is 12.6. The van der Waals surface area contributed by atoms with Crippen molar-refractivity contribution in [3.8, 4) is 0 Å². The summed E-state index contributed by atoms with van der Waals surface area (Å²) in [7, 11) is 1.62. The van der Waals surface area contributed by atoms with Gasteiger partial charge in [0, 0.05) is 24.3 Å². The first-order chi connectivity index (χ1) is 9.74. The molecule has 0 radical (unpaired) electrons. The molecule has 4 N–H and O–H groups in total. The molecule has 0 saturated carbocycles. The highest BCUT2D eigenvalue weighted by atomic mass is 32.2. The lowest BCUT2D eigenvalue weighted by atomic mass is 9.99. The molecule has 0 aromatic heterocycles. The Bertz CT molecular complexity index is 428. The SMILES string of the molecule is CNC(CSC1CC(=O)N(C(C)(C)CCO)C1=O)C(N)=O. The van der Waals surface area contributed by atoms with Crippen LogP contribution < -0.4 is 11.1 Å². The molecular weight excluding hydrogens is 294 g/mol. The molecule has 2 unspecified atom stereocenters. The standard InChI is InChI=1S/C13H23N3O4S/c1-13(2,4-5-17)16-10(18)6-9(12(16)20)21-7-8(15-3)11(14)19/h8-9,15,17H,4-7H2,1-3H3,(H2,14,19). The minimum Gasteiger partial charge on any atom is -0.396 e. The fourth-order valence-corrected chi connectivity index (χ4v) is 3.54. The monoisotopic (exact) mass is 317 g/mol. The van der Waals surface area contributed by atoms with Crippen molar-refractivity contribution >= 4 is 29.5 Å². The summed E-state index contributed by atoms with van der Waals surface area (Å²) in [6, 6.07) is -0.530. The number of hydrogen-bond acceptors (Lipinski definition) is 6. The number of carbonyl (C=O) groups is 3. The number of nitrogens with one attached hydrogen (secondary N) is 1. The predicted molar refractivity (Wildman–Crippen MR) is 80.5 cm³/mol. The lowest BCUT2D eigenvalue weighted by molar-refractivity contribution is -0.144. The van der Waals surface area contributed by atoms with Crippen LogP contribution in [0.25, 0.3) is 0 Å². The highest BCUT2D eigenvalue weighted by Gasteiger charge is 2.45. The molecule has 0 aromatic rings. The van der Waals surface area contributed by atoms with Crippen molar-refractivity contribution in [1.29, 1.82) is 0 Å². The molecule has 7 nitrogen and oxygen atoms in total. The average Bonchev–Trinajstić information content (AvgIpc) is 2.65. The first-order valence-corrected chi connectivity index (χ1v) is 7.85. The molecule has 0 bridgehead atoms. The molecule has 2 atom stereocenters. The lowest BCUT2D eigenvalue weighted by Gasteiger charge is -2.33. The molecule has 8 heteroatoms. The van der Waals surface area contributed by atoms with Gasteiger partial charge in [0.15, 0.2) is 0 Å². The molecule has 1 heterocycles. The number of carbonyl (C=O) groups excluding carboxylic acids is 3. The van der Waals surface area contributed by atoms with Crippen molar-refractivity contribution in [1.82, 2.24) is 10.2 Å². The third kappa shape index (κ3) is 4.18. The lowest BCUT2D eigenvalue weighted by Crippen LogP contribution is -2.48. The second-order valence-corrected chi connectivity index (χ2v) is 6.86. The van der Waals surface area contributed by atoms with Gasteiger partial charge >= 0.3 is 0 Å². The Morgan fingerprint density at radius 2 is 2.19 bits per heavy atom. The number of nitrogens with zero attached hydrogens (tertiary/aromatic N) is 1. The third-order valence-corrected chi connectivity index (χ3v) is 4.89. The molecule has 3 amide bonds. The van der Waals surface area contributed by atoms with E-state index in [4.69, 9.17) is 10.8 Å². The van der Waals surface area contributed by atoms with Crippen LogP contribution in [0.5, 0.6) is 0 Å². The number of nitrogens with two attached hydrogens (primary N) is 1. The Labute approximate surface area is 128 Å². The van der Waals surface area contributed by atoms with E-state index in [1.807, 2.05) is 0 Å². The van der Waals surface area contributed by atoms with Crippen LogP contribution in [-0.4, -0.2) is 64.0 Å². The van der Waals surface area contributed by atoms with Crippen LogP contribution >= 0.6 is 11.8 Å². The Morgan fingerprint density at radius 1 is 1.57 bits per heavy atom. The topological polar surface area (TPSA) is 113 Å². The average molecular weight is 317 g/mol. The summed E-state index contributed by atoms with van der Waals surface area (Å²) in [6.45, 7) is 3.42. The van der Waals surface area contributed by atoms with Gasteiger partial charge in [-0.2, -0.15) is 0 Å². The number of hydrogen-bond donors (Lipinski definition) is 3. The van der Waals surface area contributed by atoms with E-state index in [0.29, 0.717) is 12.2 Å². The third-order valence-electron chi connectivity index (χ3n) is 3.59. The van der Waals surface area contributed by atoms with Gasteiger partial charge in [0.05, 0.1) is 11.3 Å². The van der Waals surface area contributed by atoms with Gasteiger partial charge in [-0.3, -0.25) is 19.3 Å². The van der Waals surface area contributed by atoms with E-state index in [1.165, 1.54) is 16.7 Å². The Morgan fingerprint density at radius 3 is 2.67 bits per heavy atom. The molecular formula is C13H23N3O4S. The molecule has 0 spiro atoms. The first kappa shape index (κ1) is 17.9. The quantitative estimate of drug-likeness (QED) is 0.499. The van der Waals surface area contributed by atoms with Gasteiger partial charge in [-0.25, -0.2) is 0 Å². The zero-order chi connectivity index (χ0) is 16.2. The number of aliphatic hydroxyl groups is 1. The van der Waals surface area contributed by atoms with Crippen LogP contribution in [0.3, 0.4) is 0 Å². The fraction of sp³-hybridized carbons (Fsp3) is 0.769. The van der Waals surface area contributed by atoms with E-state index < -0.39 is 22.7 Å². The van der Waals surface area contributed by atoms with Crippen molar-refractivity contribution in [3.63, 3.8) is 0 Å². The number of likely N-dealkylation sites (N-methyl/N-ethyl adjacent to an activating group) is 1. The highest BCUT2D eigenvalue weighted by molar-refractivity contribution is 8.00. The largest absolute Gasteiger partial charge is 0.396 e. The summed E-state index contributed by atoms with van der Waals surface area (Å²) >= 11 is 1.26. The van der Waals surface area contributed by atoms with Crippen molar-refractivity contribution in [2.45, 2.75) is 43.5 Å². The van der Waals surface area contributed by atoms with Crippen molar-refractivity contribution < 1.29 is 19.5 Å². The van der Waals surface area contributed by atoms with E-state index in [1.54, 1.807) is 20.9 Å². The van der Waals surface area contributed by atoms with Gasteiger partial charge in [0.1, 0.15) is 0 Å². The van der Waals surface area contributed by atoms with Crippen LogP contribution in [0, 0.1) is 0 Å². The first-order valence-electron chi connectivity index (χ1n) is 6.80. The molecule has 0 aliphatic carbocycles. The van der Waals surface area contributed by atoms with Gasteiger partial charge < -0.3 is 16.2 Å². The number of imide groups is 1. The number of likely N-dealkylation sites (tertiary alicyclic amines) is 1. The van der Waals surface area contributed by atoms with Crippen molar-refractivity contribution in [3.05, 3.63) is 0 Å². The second kappa shape index (κ2) is 7.24. The van der Waals surface area contributed by atoms with E-state index in [9.17, 15) is 14.4 Å². The van der Waals surface area contributed by atoms with Gasteiger partial charge in [-0.15, -0.1) is 11.8 Å². The number of primary amides is 1. The van der Waals surface area contributed by atoms with Crippen LogP contribution in [0.2, 0.25) is 0 Å². The van der Waals surface area contributed by atoms with E-state index >= 15 is 0 Å². The molecule has 1 fully saturated rings. The zero-order valence-corrected chi connectivity index (χ0v) is 13.4. The Kier molecular flexibility index (Phi) is 6.18. The van der Waals surface area contributed by atoms with Crippen molar-refractivity contribution in [2.24, 2.45) is 5.73 Å². The molecule has 120 valence electrons. The maximum atomic E-state index is 12.4. The maximum Gasteiger partial charge on any atom is 0.243 e. The smallest absolute Gasteiger partial charge is 0.243 e. The number of thioether (sulfide) groups is 1. The predicted octanol–water partition coefficient (Wildman–Crippen LogP) is -0.919. The summed E-state index contributed by atoms with van der Waals surface area (Å²) in [5.41, 5.74) is 4.52.